The third-order valence-electron chi connectivity index (χ3n) is 5.53. The van der Waals surface area contributed by atoms with E-state index in [-0.39, 0.29) is 5.82 Å². The summed E-state index contributed by atoms with van der Waals surface area (Å²) in [5, 5.41) is 1.25. The van der Waals surface area contributed by atoms with Gasteiger partial charge in [0.25, 0.3) is 0 Å². The number of hydrogen-bond donors (Lipinski definition) is 1. The van der Waals surface area contributed by atoms with Gasteiger partial charge < -0.3 is 9.72 Å². The van der Waals surface area contributed by atoms with Gasteiger partial charge in [0.2, 0.25) is 0 Å². The third kappa shape index (κ3) is 1.99. The molecule has 0 saturated heterocycles. The Kier molecular flexibility index (Phi) is 2.98. The van der Waals surface area contributed by atoms with Crippen molar-refractivity contribution < 1.29 is 9.13 Å². The average Bonchev–Trinajstić information content (AvgIpc) is 2.96. The lowest BCUT2D eigenvalue weighted by Gasteiger charge is -2.40. The van der Waals surface area contributed by atoms with Crippen LogP contribution in [0, 0.1) is 5.82 Å². The Bertz CT molecular complexity index is 946. The van der Waals surface area contributed by atoms with Crippen LogP contribution in [0.25, 0.3) is 10.9 Å². The summed E-state index contributed by atoms with van der Waals surface area (Å²) in [4.78, 5) is 6.09. The zero-order valence-electron chi connectivity index (χ0n) is 13.6. The van der Waals surface area contributed by atoms with Crippen molar-refractivity contribution in [2.45, 2.75) is 25.4 Å². The van der Waals surface area contributed by atoms with Crippen molar-refractivity contribution in [3.63, 3.8) is 0 Å². The molecule has 2 aliphatic rings. The highest BCUT2D eigenvalue weighted by atomic mass is 19.1. The lowest BCUT2D eigenvalue weighted by molar-refractivity contribution is 0.159. The summed E-state index contributed by atoms with van der Waals surface area (Å²) in [5.41, 5.74) is 6.30. The van der Waals surface area contributed by atoms with Crippen LogP contribution in [0.15, 0.2) is 36.4 Å². The highest BCUT2D eigenvalue weighted by molar-refractivity contribution is 5.86. The molecule has 0 bridgehead atoms. The fourth-order valence-corrected chi connectivity index (χ4v) is 4.33. The molecule has 24 heavy (non-hydrogen) atoms. The van der Waals surface area contributed by atoms with Crippen molar-refractivity contribution in [2.75, 3.05) is 13.7 Å². The minimum Gasteiger partial charge on any atom is -0.497 e. The summed E-state index contributed by atoms with van der Waals surface area (Å²) in [6, 6.07) is 11.8. The van der Waals surface area contributed by atoms with Gasteiger partial charge in [-0.2, -0.15) is 0 Å². The standard InChI is InChI=1S/C20H19FN2O/c1-24-14-3-5-18-16(9-14)17-10-20-15-4-2-13(21)8-12(15)6-7-23(20)11-19(17)22-18/h2-5,8-9,20,22H,6-7,10-11H2,1H3/t20-/m0/s1. The van der Waals surface area contributed by atoms with Crippen LogP contribution in [0.1, 0.15) is 28.4 Å². The molecule has 2 aliphatic heterocycles. The first kappa shape index (κ1) is 14.1. The Labute approximate surface area is 140 Å². The Hall–Kier alpha value is -2.33. The van der Waals surface area contributed by atoms with Crippen molar-refractivity contribution in [1.29, 1.82) is 0 Å². The van der Waals surface area contributed by atoms with Gasteiger partial charge in [-0.1, -0.05) is 6.07 Å². The molecule has 0 amide bonds. The molecule has 0 saturated carbocycles. The van der Waals surface area contributed by atoms with Crippen LogP contribution in [-0.4, -0.2) is 23.5 Å². The normalized spacial score (nSPS) is 19.7. The molecule has 5 rings (SSSR count). The first-order valence-corrected chi connectivity index (χ1v) is 8.43. The Morgan fingerprint density at radius 1 is 1.21 bits per heavy atom. The van der Waals surface area contributed by atoms with E-state index >= 15 is 0 Å². The maximum atomic E-state index is 13.6. The number of aromatic amines is 1. The SMILES string of the molecule is COc1ccc2[nH]c3c(c2c1)C[C@H]1c2ccc(F)cc2CCN1C3. The molecule has 0 aliphatic carbocycles. The number of H-pyrrole nitrogens is 1. The zero-order chi connectivity index (χ0) is 16.3. The number of nitrogens with zero attached hydrogens (tertiary/aromatic N) is 1. The van der Waals surface area contributed by atoms with Gasteiger partial charge in [-0.05, 0) is 59.9 Å². The Balaban J connectivity index is 1.63. The maximum absolute atomic E-state index is 13.6. The minimum absolute atomic E-state index is 0.129. The van der Waals surface area contributed by atoms with Crippen molar-refractivity contribution in [1.82, 2.24) is 9.88 Å². The fraction of sp³-hybridized carbons (Fsp3) is 0.300. The van der Waals surface area contributed by atoms with Crippen LogP contribution >= 0.6 is 0 Å². The number of hydrogen-bond acceptors (Lipinski definition) is 2. The number of aromatic nitrogens is 1. The van der Waals surface area contributed by atoms with Crippen LogP contribution < -0.4 is 4.74 Å². The number of benzene rings is 2. The van der Waals surface area contributed by atoms with Crippen LogP contribution in [0.2, 0.25) is 0 Å². The second-order valence-corrected chi connectivity index (χ2v) is 6.78. The van der Waals surface area contributed by atoms with Gasteiger partial charge in [0.1, 0.15) is 11.6 Å². The molecular formula is C20H19FN2O. The molecule has 0 fully saturated rings. The molecule has 3 nitrogen and oxygen atoms in total. The maximum Gasteiger partial charge on any atom is 0.123 e. The predicted molar refractivity (Wildman–Crippen MR) is 91.8 cm³/mol. The fourth-order valence-electron chi connectivity index (χ4n) is 4.33. The lowest BCUT2D eigenvalue weighted by Crippen LogP contribution is -2.39. The van der Waals surface area contributed by atoms with Crippen LogP contribution in [-0.2, 0) is 19.4 Å². The van der Waals surface area contributed by atoms with Crippen molar-refractivity contribution in [3.05, 3.63) is 64.6 Å². The quantitative estimate of drug-likeness (QED) is 0.734. The topological polar surface area (TPSA) is 28.3 Å². The molecule has 1 N–H and O–H groups in total. The molecule has 122 valence electrons. The van der Waals surface area contributed by atoms with Crippen LogP contribution in [0.3, 0.4) is 0 Å². The summed E-state index contributed by atoms with van der Waals surface area (Å²) < 4.78 is 19.0. The molecule has 0 spiro atoms. The van der Waals surface area contributed by atoms with Gasteiger partial charge in [0.15, 0.2) is 0 Å². The highest BCUT2D eigenvalue weighted by Crippen LogP contribution is 2.41. The second-order valence-electron chi connectivity index (χ2n) is 6.78. The second kappa shape index (κ2) is 5.08. The number of halogens is 1. The molecule has 3 heterocycles. The van der Waals surface area contributed by atoms with Gasteiger partial charge in [-0.25, -0.2) is 4.39 Å². The van der Waals surface area contributed by atoms with Crippen molar-refractivity contribution in [2.24, 2.45) is 0 Å². The first-order chi connectivity index (χ1) is 11.7. The lowest BCUT2D eigenvalue weighted by atomic mass is 9.85. The van der Waals surface area contributed by atoms with Crippen LogP contribution in [0.4, 0.5) is 4.39 Å². The van der Waals surface area contributed by atoms with E-state index in [1.165, 1.54) is 27.7 Å². The molecule has 0 radical (unpaired) electrons. The van der Waals surface area contributed by atoms with Gasteiger partial charge in [0, 0.05) is 35.7 Å². The molecule has 1 atom stereocenters. The minimum atomic E-state index is -0.129. The highest BCUT2D eigenvalue weighted by Gasteiger charge is 2.33. The zero-order valence-corrected chi connectivity index (χ0v) is 13.6. The molecule has 0 unspecified atom stereocenters. The molecule has 3 aromatic rings. The van der Waals surface area contributed by atoms with Gasteiger partial charge in [-0.3, -0.25) is 4.90 Å². The summed E-state index contributed by atoms with van der Waals surface area (Å²) in [6.07, 6.45) is 1.88. The van der Waals surface area contributed by atoms with E-state index in [1.807, 2.05) is 12.1 Å². The predicted octanol–water partition coefficient (Wildman–Crippen LogP) is 3.97. The van der Waals surface area contributed by atoms with Crippen molar-refractivity contribution in [3.8, 4) is 5.75 Å². The summed E-state index contributed by atoms with van der Waals surface area (Å²) in [6.45, 7) is 1.91. The van der Waals surface area contributed by atoms with E-state index in [0.717, 1.165) is 37.2 Å². The van der Waals surface area contributed by atoms with Crippen molar-refractivity contribution >= 4 is 10.9 Å². The van der Waals surface area contributed by atoms with E-state index < -0.39 is 0 Å². The van der Waals surface area contributed by atoms with Gasteiger partial charge in [-0.15, -0.1) is 0 Å². The van der Waals surface area contributed by atoms with Gasteiger partial charge in [0.05, 0.1) is 7.11 Å². The molecular weight excluding hydrogens is 303 g/mol. The van der Waals surface area contributed by atoms with Crippen LogP contribution in [0.5, 0.6) is 5.75 Å². The summed E-state index contributed by atoms with van der Waals surface area (Å²) >= 11 is 0. The smallest absolute Gasteiger partial charge is 0.123 e. The monoisotopic (exact) mass is 322 g/mol. The third-order valence-corrected chi connectivity index (χ3v) is 5.53. The summed E-state index contributed by atoms with van der Waals surface area (Å²) in [5.74, 6) is 0.758. The molecule has 4 heteroatoms. The number of nitrogens with one attached hydrogen (secondary N) is 1. The average molecular weight is 322 g/mol. The van der Waals surface area contributed by atoms with E-state index in [2.05, 4.69) is 22.0 Å². The van der Waals surface area contributed by atoms with E-state index in [0.29, 0.717) is 6.04 Å². The van der Waals surface area contributed by atoms with Gasteiger partial charge >= 0.3 is 0 Å². The number of methoxy groups -OCH3 is 1. The van der Waals surface area contributed by atoms with E-state index in [4.69, 9.17) is 4.74 Å². The Morgan fingerprint density at radius 3 is 3.00 bits per heavy atom. The largest absolute Gasteiger partial charge is 0.497 e. The number of fused-ring (bicyclic) bond motifs is 6. The Morgan fingerprint density at radius 2 is 2.12 bits per heavy atom. The number of rotatable bonds is 1. The molecule has 1 aromatic heterocycles. The number of ether oxygens (including phenoxy) is 1. The van der Waals surface area contributed by atoms with E-state index in [1.54, 1.807) is 19.2 Å². The molecule has 2 aromatic carbocycles. The summed E-state index contributed by atoms with van der Waals surface area (Å²) in [7, 11) is 1.70. The van der Waals surface area contributed by atoms with E-state index in [9.17, 15) is 4.39 Å². The first-order valence-electron chi connectivity index (χ1n) is 8.43.